The van der Waals surface area contributed by atoms with E-state index >= 15 is 0 Å². The number of methoxy groups -OCH3 is 2. The number of fused-ring (bicyclic) bond motifs is 2. The van der Waals surface area contributed by atoms with Crippen LogP contribution in [0.25, 0.3) is 0 Å². The number of hydrogen-bond acceptors (Lipinski definition) is 5. The van der Waals surface area contributed by atoms with Gasteiger partial charge in [-0.25, -0.2) is 8.42 Å². The summed E-state index contributed by atoms with van der Waals surface area (Å²) in [5.41, 5.74) is 0.735. The molecule has 0 aliphatic carbocycles. The van der Waals surface area contributed by atoms with Crippen LogP contribution in [0.1, 0.15) is 12.0 Å². The highest BCUT2D eigenvalue weighted by Crippen LogP contribution is 2.48. The fourth-order valence-electron chi connectivity index (χ4n) is 4.15. The van der Waals surface area contributed by atoms with Gasteiger partial charge in [-0.05, 0) is 42.3 Å². The van der Waals surface area contributed by atoms with E-state index in [0.717, 1.165) is 11.3 Å². The zero-order valence-electron chi connectivity index (χ0n) is 16.0. The molecule has 0 unspecified atom stereocenters. The lowest BCUT2D eigenvalue weighted by Gasteiger charge is -2.23. The molecule has 148 valence electrons. The first-order chi connectivity index (χ1) is 13.3. The fraction of sp³-hybridized carbons (Fsp3) is 0.350. The minimum atomic E-state index is -3.74. The maximum Gasteiger partial charge on any atom is 0.243 e. The van der Waals surface area contributed by atoms with Crippen LogP contribution in [0.5, 0.6) is 11.5 Å². The van der Waals surface area contributed by atoms with Crippen LogP contribution in [0.15, 0.2) is 47.4 Å². The van der Waals surface area contributed by atoms with Crippen LogP contribution in [0.2, 0.25) is 0 Å². The van der Waals surface area contributed by atoms with Crippen LogP contribution in [-0.4, -0.2) is 53.0 Å². The first-order valence-electron chi connectivity index (χ1n) is 8.94. The summed E-state index contributed by atoms with van der Waals surface area (Å²) in [6.07, 6.45) is 0.430. The van der Waals surface area contributed by atoms with Gasteiger partial charge in [-0.3, -0.25) is 4.79 Å². The Bertz CT molecular complexity index is 1050. The summed E-state index contributed by atoms with van der Waals surface area (Å²) in [6.45, 7) is 0.381. The maximum atomic E-state index is 13.2. The molecular weight excluding hydrogens is 380 g/mol. The number of likely N-dealkylation sites (N-methyl/N-ethyl adjacent to an activating group) is 1. The van der Waals surface area contributed by atoms with Gasteiger partial charge in [-0.1, -0.05) is 6.07 Å². The molecule has 2 aromatic carbocycles. The van der Waals surface area contributed by atoms with E-state index in [1.807, 2.05) is 12.1 Å². The number of sulfonamides is 1. The molecule has 0 N–H and O–H groups in total. The molecule has 2 aromatic rings. The van der Waals surface area contributed by atoms with E-state index < -0.39 is 15.4 Å². The first-order valence-corrected chi connectivity index (χ1v) is 10.4. The molecule has 0 aromatic heterocycles. The van der Waals surface area contributed by atoms with Gasteiger partial charge in [-0.15, -0.1) is 0 Å². The summed E-state index contributed by atoms with van der Waals surface area (Å²) < 4.78 is 38.2. The lowest BCUT2D eigenvalue weighted by atomic mass is 9.81. The Labute approximate surface area is 164 Å². The van der Waals surface area contributed by atoms with E-state index in [2.05, 4.69) is 0 Å². The summed E-state index contributed by atoms with van der Waals surface area (Å²) in [4.78, 5) is 14.9. The first kappa shape index (κ1) is 18.8. The van der Waals surface area contributed by atoms with Crippen LogP contribution in [0.3, 0.4) is 0 Å². The van der Waals surface area contributed by atoms with Crippen LogP contribution in [0.4, 0.5) is 5.69 Å². The minimum Gasteiger partial charge on any atom is -0.497 e. The van der Waals surface area contributed by atoms with Crippen molar-refractivity contribution in [3.63, 3.8) is 0 Å². The predicted molar refractivity (Wildman–Crippen MR) is 104 cm³/mol. The van der Waals surface area contributed by atoms with Crippen molar-refractivity contribution in [2.75, 3.05) is 39.3 Å². The molecule has 1 atom stereocenters. The largest absolute Gasteiger partial charge is 0.497 e. The highest BCUT2D eigenvalue weighted by atomic mass is 32.2. The molecule has 1 spiro atoms. The summed E-state index contributed by atoms with van der Waals surface area (Å²) in [6, 6.07) is 11.9. The molecule has 1 saturated heterocycles. The second kappa shape index (κ2) is 6.49. The lowest BCUT2D eigenvalue weighted by molar-refractivity contribution is -0.122. The van der Waals surface area contributed by atoms with Crippen molar-refractivity contribution in [1.82, 2.24) is 4.31 Å². The van der Waals surface area contributed by atoms with Crippen molar-refractivity contribution in [3.8, 4) is 11.5 Å². The van der Waals surface area contributed by atoms with Crippen LogP contribution in [0, 0.1) is 0 Å². The number of ether oxygens (including phenoxy) is 2. The second-order valence-corrected chi connectivity index (χ2v) is 9.03. The Hall–Kier alpha value is -2.58. The number of hydrogen-bond donors (Lipinski definition) is 0. The summed E-state index contributed by atoms with van der Waals surface area (Å²) in [5, 5.41) is 0. The Morgan fingerprint density at radius 2 is 1.75 bits per heavy atom. The molecule has 8 heteroatoms. The van der Waals surface area contributed by atoms with Crippen molar-refractivity contribution in [2.45, 2.75) is 16.7 Å². The van der Waals surface area contributed by atoms with E-state index in [4.69, 9.17) is 9.47 Å². The molecule has 28 heavy (non-hydrogen) atoms. The maximum absolute atomic E-state index is 13.2. The van der Waals surface area contributed by atoms with Gasteiger partial charge in [0.25, 0.3) is 0 Å². The predicted octanol–water partition coefficient (Wildman–Crippen LogP) is 2.01. The normalized spacial score (nSPS) is 22.0. The third kappa shape index (κ3) is 2.59. The summed E-state index contributed by atoms with van der Waals surface area (Å²) >= 11 is 0. The van der Waals surface area contributed by atoms with Crippen LogP contribution < -0.4 is 14.4 Å². The van der Waals surface area contributed by atoms with E-state index in [0.29, 0.717) is 17.9 Å². The Balaban J connectivity index is 1.73. The number of anilines is 1. The van der Waals surface area contributed by atoms with Gasteiger partial charge in [0.2, 0.25) is 15.9 Å². The number of nitrogens with zero attached hydrogens (tertiary/aromatic N) is 2. The second-order valence-electron chi connectivity index (χ2n) is 7.10. The fourth-order valence-corrected chi connectivity index (χ4v) is 5.68. The molecule has 2 aliphatic rings. The van der Waals surface area contributed by atoms with Gasteiger partial charge in [0, 0.05) is 31.9 Å². The monoisotopic (exact) mass is 402 g/mol. The number of amides is 1. The zero-order valence-corrected chi connectivity index (χ0v) is 16.8. The molecular formula is C20H22N2O5S. The number of carbonyl (C=O) groups is 1. The number of carbonyl (C=O) groups excluding carboxylic acids is 1. The molecule has 4 rings (SSSR count). The topological polar surface area (TPSA) is 76.2 Å². The summed E-state index contributed by atoms with van der Waals surface area (Å²) in [5.74, 6) is 1.04. The molecule has 2 heterocycles. The van der Waals surface area contributed by atoms with E-state index in [1.54, 1.807) is 43.3 Å². The Morgan fingerprint density at radius 1 is 1.04 bits per heavy atom. The molecule has 0 bridgehead atoms. The molecule has 7 nitrogen and oxygen atoms in total. The standard InChI is InChI=1S/C20H22N2O5S/c1-21-18-8-7-15(27-3)12-17(18)20(19(21)23)9-10-22(13-20)28(24,25)16-6-4-5-14(11-16)26-2/h4-8,11-12H,9-10,13H2,1-3H3/t20-/m0/s1. The van der Waals surface area contributed by atoms with Gasteiger partial charge in [0.05, 0.1) is 24.5 Å². The average molecular weight is 402 g/mol. The Kier molecular flexibility index (Phi) is 4.35. The number of rotatable bonds is 4. The molecule has 1 amide bonds. The summed E-state index contributed by atoms with van der Waals surface area (Å²) in [7, 11) is 1.05. The van der Waals surface area contributed by atoms with Gasteiger partial charge >= 0.3 is 0 Å². The molecule has 1 fully saturated rings. The molecule has 0 saturated carbocycles. The highest BCUT2D eigenvalue weighted by Gasteiger charge is 2.55. The third-order valence-electron chi connectivity index (χ3n) is 5.71. The Morgan fingerprint density at radius 3 is 2.46 bits per heavy atom. The van der Waals surface area contributed by atoms with Crippen LogP contribution in [-0.2, 0) is 20.2 Å². The van der Waals surface area contributed by atoms with Crippen molar-refractivity contribution < 1.29 is 22.7 Å². The zero-order chi connectivity index (χ0) is 20.1. The quantitative estimate of drug-likeness (QED) is 0.782. The number of benzene rings is 2. The average Bonchev–Trinajstić information content (AvgIpc) is 3.26. The molecule has 0 radical (unpaired) electrons. The SMILES string of the molecule is COc1cccc(S(=O)(=O)N2CC[C@@]3(C2)C(=O)N(C)c2ccc(OC)cc23)c1. The van der Waals surface area contributed by atoms with Gasteiger partial charge < -0.3 is 14.4 Å². The van der Waals surface area contributed by atoms with E-state index in [1.165, 1.54) is 17.5 Å². The van der Waals surface area contributed by atoms with Crippen LogP contribution >= 0.6 is 0 Å². The van der Waals surface area contributed by atoms with Gasteiger partial charge in [0.15, 0.2) is 0 Å². The minimum absolute atomic E-state index is 0.0842. The smallest absolute Gasteiger partial charge is 0.243 e. The van der Waals surface area contributed by atoms with Crippen molar-refractivity contribution in [3.05, 3.63) is 48.0 Å². The lowest BCUT2D eigenvalue weighted by Crippen LogP contribution is -2.42. The van der Waals surface area contributed by atoms with Crippen molar-refractivity contribution in [1.29, 1.82) is 0 Å². The van der Waals surface area contributed by atoms with Crippen molar-refractivity contribution >= 4 is 21.6 Å². The van der Waals surface area contributed by atoms with E-state index in [9.17, 15) is 13.2 Å². The molecule has 2 aliphatic heterocycles. The van der Waals surface area contributed by atoms with Gasteiger partial charge in [0.1, 0.15) is 11.5 Å². The van der Waals surface area contributed by atoms with E-state index in [-0.39, 0.29) is 23.9 Å². The third-order valence-corrected chi connectivity index (χ3v) is 7.55. The highest BCUT2D eigenvalue weighted by molar-refractivity contribution is 7.89. The van der Waals surface area contributed by atoms with Crippen molar-refractivity contribution in [2.24, 2.45) is 0 Å². The van der Waals surface area contributed by atoms with Gasteiger partial charge in [-0.2, -0.15) is 4.31 Å².